The van der Waals surface area contributed by atoms with Crippen molar-refractivity contribution >= 4 is 23.3 Å². The maximum Gasteiger partial charge on any atom is 0.257 e. The molecule has 0 bridgehead atoms. The van der Waals surface area contributed by atoms with Crippen molar-refractivity contribution < 1.29 is 4.79 Å². The van der Waals surface area contributed by atoms with Crippen LogP contribution in [0.2, 0.25) is 5.02 Å². The molecule has 3 heterocycles. The number of halogens is 1. The standard InChI is InChI=1S/C15H13ClN4O/c16-11-4-2-1-3-9(11)12-7-14-18-13-8-17-6-5-10(13)15(21)20(14)19-12/h1-4,7-8,10,17-18H,5-6H2. The van der Waals surface area contributed by atoms with Crippen LogP contribution >= 0.6 is 11.6 Å². The van der Waals surface area contributed by atoms with E-state index in [9.17, 15) is 4.79 Å². The minimum absolute atomic E-state index is 0.00908. The highest BCUT2D eigenvalue weighted by Gasteiger charge is 2.34. The molecule has 2 aliphatic rings. The quantitative estimate of drug-likeness (QED) is 0.850. The third-order valence-corrected chi connectivity index (χ3v) is 4.18. The van der Waals surface area contributed by atoms with Gasteiger partial charge in [0.2, 0.25) is 0 Å². The van der Waals surface area contributed by atoms with E-state index in [0.717, 1.165) is 24.2 Å². The highest BCUT2D eigenvalue weighted by Crippen LogP contribution is 2.33. The van der Waals surface area contributed by atoms with Crippen LogP contribution in [0.1, 0.15) is 11.2 Å². The van der Waals surface area contributed by atoms with Crippen LogP contribution in [0.4, 0.5) is 5.82 Å². The lowest BCUT2D eigenvalue weighted by molar-refractivity contribution is 0.0825. The monoisotopic (exact) mass is 300 g/mol. The van der Waals surface area contributed by atoms with Gasteiger partial charge in [-0.25, -0.2) is 0 Å². The van der Waals surface area contributed by atoms with Crippen molar-refractivity contribution in [2.45, 2.75) is 6.42 Å². The van der Waals surface area contributed by atoms with Crippen molar-refractivity contribution in [2.24, 2.45) is 5.92 Å². The number of benzene rings is 1. The van der Waals surface area contributed by atoms with E-state index >= 15 is 0 Å². The molecule has 1 aromatic heterocycles. The molecule has 106 valence electrons. The first-order valence-electron chi connectivity index (χ1n) is 6.84. The Morgan fingerprint density at radius 3 is 3.05 bits per heavy atom. The molecule has 4 rings (SSSR count). The van der Waals surface area contributed by atoms with Gasteiger partial charge in [-0.1, -0.05) is 29.8 Å². The lowest BCUT2D eigenvalue weighted by Crippen LogP contribution is -2.38. The summed E-state index contributed by atoms with van der Waals surface area (Å²) in [6.07, 6.45) is 2.65. The number of anilines is 1. The summed E-state index contributed by atoms with van der Waals surface area (Å²) in [5, 5.41) is 11.5. The molecule has 2 N–H and O–H groups in total. The maximum absolute atomic E-state index is 12.5. The van der Waals surface area contributed by atoms with Crippen LogP contribution < -0.4 is 10.6 Å². The number of hydrogen-bond acceptors (Lipinski definition) is 4. The molecule has 2 aromatic rings. The number of fused-ring (bicyclic) bond motifs is 2. The van der Waals surface area contributed by atoms with E-state index in [1.165, 1.54) is 4.68 Å². The first-order valence-corrected chi connectivity index (χ1v) is 7.21. The van der Waals surface area contributed by atoms with Crippen molar-refractivity contribution in [1.82, 2.24) is 15.1 Å². The van der Waals surface area contributed by atoms with Crippen LogP contribution in [0.3, 0.4) is 0 Å². The zero-order chi connectivity index (χ0) is 14.4. The molecule has 6 heteroatoms. The van der Waals surface area contributed by atoms with Gasteiger partial charge in [-0.3, -0.25) is 4.79 Å². The van der Waals surface area contributed by atoms with Crippen LogP contribution in [0.15, 0.2) is 42.2 Å². The molecule has 2 aliphatic heterocycles. The van der Waals surface area contributed by atoms with Gasteiger partial charge in [0.1, 0.15) is 5.82 Å². The molecule has 1 aromatic carbocycles. The number of carbonyl (C=O) groups excluding carboxylic acids is 1. The molecule has 0 spiro atoms. The van der Waals surface area contributed by atoms with E-state index in [0.29, 0.717) is 16.5 Å². The fourth-order valence-electron chi connectivity index (χ4n) is 2.78. The van der Waals surface area contributed by atoms with Crippen molar-refractivity contribution in [3.63, 3.8) is 0 Å². The summed E-state index contributed by atoms with van der Waals surface area (Å²) >= 11 is 6.20. The van der Waals surface area contributed by atoms with Crippen LogP contribution in [0, 0.1) is 5.92 Å². The van der Waals surface area contributed by atoms with E-state index in [-0.39, 0.29) is 11.8 Å². The average molecular weight is 301 g/mol. The van der Waals surface area contributed by atoms with Crippen molar-refractivity contribution in [2.75, 3.05) is 11.9 Å². The molecule has 0 fully saturated rings. The molecule has 1 atom stereocenters. The summed E-state index contributed by atoms with van der Waals surface area (Å²) in [5.74, 6) is 0.550. The van der Waals surface area contributed by atoms with Gasteiger partial charge in [-0.2, -0.15) is 9.78 Å². The fraction of sp³-hybridized carbons (Fsp3) is 0.200. The minimum atomic E-state index is -0.141. The highest BCUT2D eigenvalue weighted by atomic mass is 35.5. The Bertz CT molecular complexity index is 765. The molecule has 0 saturated heterocycles. The van der Waals surface area contributed by atoms with Crippen LogP contribution in [-0.2, 0) is 0 Å². The molecule has 0 radical (unpaired) electrons. The molecule has 0 saturated carbocycles. The minimum Gasteiger partial charge on any atom is -0.389 e. The van der Waals surface area contributed by atoms with E-state index in [2.05, 4.69) is 15.7 Å². The molecule has 0 amide bonds. The molecule has 5 nitrogen and oxygen atoms in total. The lowest BCUT2D eigenvalue weighted by Gasteiger charge is -2.29. The van der Waals surface area contributed by atoms with Gasteiger partial charge in [0, 0.05) is 30.1 Å². The summed E-state index contributed by atoms with van der Waals surface area (Å²) in [7, 11) is 0. The van der Waals surface area contributed by atoms with Crippen LogP contribution in [-0.4, -0.2) is 22.2 Å². The summed E-state index contributed by atoms with van der Waals surface area (Å²) in [4.78, 5) is 12.5. The first kappa shape index (κ1) is 12.5. The Morgan fingerprint density at radius 1 is 1.33 bits per heavy atom. The predicted octanol–water partition coefficient (Wildman–Crippen LogP) is 2.72. The van der Waals surface area contributed by atoms with Gasteiger partial charge < -0.3 is 10.6 Å². The van der Waals surface area contributed by atoms with Gasteiger partial charge in [-0.15, -0.1) is 0 Å². The number of nitrogens with zero attached hydrogens (tertiary/aromatic N) is 2. The average Bonchev–Trinajstić information content (AvgIpc) is 2.92. The second-order valence-corrected chi connectivity index (χ2v) is 5.57. The fourth-order valence-corrected chi connectivity index (χ4v) is 3.01. The second-order valence-electron chi connectivity index (χ2n) is 5.16. The highest BCUT2D eigenvalue weighted by molar-refractivity contribution is 6.33. The Labute approximate surface area is 126 Å². The largest absolute Gasteiger partial charge is 0.389 e. The molecule has 1 unspecified atom stereocenters. The SMILES string of the molecule is O=C1C2CCNC=C2Nc2cc(-c3ccccc3Cl)nn21. The van der Waals surface area contributed by atoms with Crippen LogP contribution in [0.25, 0.3) is 11.3 Å². The number of aromatic nitrogens is 2. The second kappa shape index (κ2) is 4.63. The summed E-state index contributed by atoms with van der Waals surface area (Å²) in [5.41, 5.74) is 2.43. The van der Waals surface area contributed by atoms with Crippen molar-refractivity contribution in [3.8, 4) is 11.3 Å². The van der Waals surface area contributed by atoms with Gasteiger partial charge in [-0.05, 0) is 12.5 Å². The zero-order valence-electron chi connectivity index (χ0n) is 11.1. The lowest BCUT2D eigenvalue weighted by atomic mass is 9.97. The predicted molar refractivity (Wildman–Crippen MR) is 81.1 cm³/mol. The molecule has 0 aliphatic carbocycles. The summed E-state index contributed by atoms with van der Waals surface area (Å²) in [6.45, 7) is 0.801. The number of nitrogens with one attached hydrogen (secondary N) is 2. The van der Waals surface area contributed by atoms with Gasteiger partial charge in [0.25, 0.3) is 5.91 Å². The van der Waals surface area contributed by atoms with Gasteiger partial charge in [0.15, 0.2) is 0 Å². The van der Waals surface area contributed by atoms with E-state index in [4.69, 9.17) is 11.6 Å². The van der Waals surface area contributed by atoms with E-state index in [1.807, 2.05) is 36.5 Å². The van der Waals surface area contributed by atoms with E-state index < -0.39 is 0 Å². The Balaban J connectivity index is 1.81. The molecule has 21 heavy (non-hydrogen) atoms. The van der Waals surface area contributed by atoms with Gasteiger partial charge in [0.05, 0.1) is 16.6 Å². The normalized spacial score (nSPS) is 20.0. The number of carbonyl (C=O) groups is 1. The maximum atomic E-state index is 12.5. The summed E-state index contributed by atoms with van der Waals surface area (Å²) in [6, 6.07) is 9.34. The first-order chi connectivity index (χ1) is 10.2. The van der Waals surface area contributed by atoms with E-state index in [1.54, 1.807) is 0 Å². The summed E-state index contributed by atoms with van der Waals surface area (Å²) < 4.78 is 1.45. The third-order valence-electron chi connectivity index (χ3n) is 3.85. The number of rotatable bonds is 1. The topological polar surface area (TPSA) is 59.0 Å². The van der Waals surface area contributed by atoms with Gasteiger partial charge >= 0.3 is 0 Å². The Kier molecular flexibility index (Phi) is 2.75. The van der Waals surface area contributed by atoms with Crippen molar-refractivity contribution in [1.29, 1.82) is 0 Å². The smallest absolute Gasteiger partial charge is 0.257 e. The third kappa shape index (κ3) is 1.93. The molecular weight excluding hydrogens is 288 g/mol. The van der Waals surface area contributed by atoms with Crippen LogP contribution in [0.5, 0.6) is 0 Å². The van der Waals surface area contributed by atoms with Crippen molar-refractivity contribution in [3.05, 3.63) is 47.3 Å². The Morgan fingerprint density at radius 2 is 2.19 bits per heavy atom. The Hall–Kier alpha value is -2.27. The molecular formula is C15H13ClN4O. The zero-order valence-corrected chi connectivity index (χ0v) is 11.9. The number of hydrogen-bond donors (Lipinski definition) is 2. The number of allylic oxidation sites excluding steroid dienone is 1.